The first kappa shape index (κ1) is 15.1. The zero-order valence-electron chi connectivity index (χ0n) is 9.85. The lowest BCUT2D eigenvalue weighted by Crippen LogP contribution is -2.08. The molecule has 18 heavy (non-hydrogen) atoms. The fourth-order valence-electron chi connectivity index (χ4n) is 1.40. The van der Waals surface area contributed by atoms with Crippen LogP contribution in [-0.2, 0) is 0 Å². The standard InChI is InChI=1S/C12H14F4OS/c1-7(3-5-18)2-4-17-12-10(15)8(13)6-9(14)11(12)16/h6-7,18H,2-5H2,1H3. The summed E-state index contributed by atoms with van der Waals surface area (Å²) in [4.78, 5) is 0. The highest BCUT2D eigenvalue weighted by molar-refractivity contribution is 7.80. The van der Waals surface area contributed by atoms with Crippen LogP contribution in [-0.4, -0.2) is 12.4 Å². The molecule has 1 unspecified atom stereocenters. The van der Waals surface area contributed by atoms with E-state index in [1.54, 1.807) is 0 Å². The molecule has 0 spiro atoms. The van der Waals surface area contributed by atoms with Gasteiger partial charge in [0.25, 0.3) is 0 Å². The highest BCUT2D eigenvalue weighted by atomic mass is 32.1. The average molecular weight is 282 g/mol. The van der Waals surface area contributed by atoms with Crippen LogP contribution in [0.2, 0.25) is 0 Å². The van der Waals surface area contributed by atoms with Crippen molar-refractivity contribution in [2.24, 2.45) is 5.92 Å². The van der Waals surface area contributed by atoms with E-state index in [9.17, 15) is 17.6 Å². The zero-order chi connectivity index (χ0) is 13.7. The highest BCUT2D eigenvalue weighted by Crippen LogP contribution is 2.26. The monoisotopic (exact) mass is 282 g/mol. The minimum Gasteiger partial charge on any atom is -0.487 e. The van der Waals surface area contributed by atoms with Gasteiger partial charge in [-0.15, -0.1) is 0 Å². The Morgan fingerprint density at radius 1 is 1.11 bits per heavy atom. The lowest BCUT2D eigenvalue weighted by Gasteiger charge is -2.12. The van der Waals surface area contributed by atoms with Crippen LogP contribution in [0.25, 0.3) is 0 Å². The molecular weight excluding hydrogens is 268 g/mol. The first-order valence-corrected chi connectivity index (χ1v) is 6.17. The van der Waals surface area contributed by atoms with E-state index in [1.165, 1.54) is 0 Å². The summed E-state index contributed by atoms with van der Waals surface area (Å²) < 4.78 is 56.9. The molecule has 1 nitrogen and oxygen atoms in total. The number of hydrogen-bond donors (Lipinski definition) is 1. The maximum atomic E-state index is 13.2. The number of thiol groups is 1. The van der Waals surface area contributed by atoms with Crippen LogP contribution in [0.3, 0.4) is 0 Å². The molecule has 1 rings (SSSR count). The largest absolute Gasteiger partial charge is 0.487 e. The molecule has 1 aromatic carbocycles. The van der Waals surface area contributed by atoms with Gasteiger partial charge in [0.15, 0.2) is 17.4 Å². The van der Waals surface area contributed by atoms with Gasteiger partial charge in [0, 0.05) is 6.07 Å². The molecule has 0 aliphatic heterocycles. The molecule has 1 atom stereocenters. The summed E-state index contributed by atoms with van der Waals surface area (Å²) in [5, 5.41) is 0. The molecule has 0 radical (unpaired) electrons. The van der Waals surface area contributed by atoms with Crippen molar-refractivity contribution >= 4 is 12.6 Å². The van der Waals surface area contributed by atoms with Crippen LogP contribution in [0, 0.1) is 29.2 Å². The smallest absolute Gasteiger partial charge is 0.203 e. The topological polar surface area (TPSA) is 9.23 Å². The van der Waals surface area contributed by atoms with Crippen LogP contribution in [0.4, 0.5) is 17.6 Å². The van der Waals surface area contributed by atoms with Crippen LogP contribution < -0.4 is 4.74 Å². The SMILES string of the molecule is CC(CCS)CCOc1c(F)c(F)cc(F)c1F. The van der Waals surface area contributed by atoms with E-state index in [2.05, 4.69) is 12.6 Å². The number of halogens is 4. The average Bonchev–Trinajstić information content (AvgIpc) is 2.31. The minimum absolute atomic E-state index is 0.00826. The summed E-state index contributed by atoms with van der Waals surface area (Å²) in [7, 11) is 0. The summed E-state index contributed by atoms with van der Waals surface area (Å²) in [6.07, 6.45) is 1.35. The van der Waals surface area contributed by atoms with Gasteiger partial charge in [-0.05, 0) is 24.5 Å². The number of ether oxygens (including phenoxy) is 1. The van der Waals surface area contributed by atoms with E-state index in [0.29, 0.717) is 12.2 Å². The van der Waals surface area contributed by atoms with Gasteiger partial charge in [-0.2, -0.15) is 21.4 Å². The van der Waals surface area contributed by atoms with E-state index in [-0.39, 0.29) is 18.6 Å². The number of benzene rings is 1. The summed E-state index contributed by atoms with van der Waals surface area (Å²) in [5.74, 6) is -5.98. The molecule has 0 aromatic heterocycles. The maximum Gasteiger partial charge on any atom is 0.203 e. The van der Waals surface area contributed by atoms with Gasteiger partial charge in [-0.1, -0.05) is 6.92 Å². The van der Waals surface area contributed by atoms with Crippen LogP contribution in [0.1, 0.15) is 19.8 Å². The second kappa shape index (κ2) is 6.87. The van der Waals surface area contributed by atoms with Crippen LogP contribution >= 0.6 is 12.6 Å². The molecule has 102 valence electrons. The summed E-state index contributed by atoms with van der Waals surface area (Å²) >= 11 is 4.05. The predicted octanol–water partition coefficient (Wildman–Crippen LogP) is 3.97. The Balaban J connectivity index is 2.67. The van der Waals surface area contributed by atoms with E-state index in [4.69, 9.17) is 4.74 Å². The fraction of sp³-hybridized carbons (Fsp3) is 0.500. The molecule has 0 saturated heterocycles. The van der Waals surface area contributed by atoms with Crippen molar-refractivity contribution in [3.63, 3.8) is 0 Å². The molecule has 0 fully saturated rings. The lowest BCUT2D eigenvalue weighted by atomic mass is 10.1. The summed E-state index contributed by atoms with van der Waals surface area (Å²) in [6, 6.07) is 0.154. The van der Waals surface area contributed by atoms with Gasteiger partial charge < -0.3 is 4.74 Å². The minimum atomic E-state index is -1.50. The van der Waals surface area contributed by atoms with Crippen molar-refractivity contribution in [3.8, 4) is 5.75 Å². The first-order chi connectivity index (χ1) is 8.47. The Bertz CT molecular complexity index is 385. The van der Waals surface area contributed by atoms with Crippen LogP contribution in [0.5, 0.6) is 5.75 Å². The van der Waals surface area contributed by atoms with E-state index >= 15 is 0 Å². The Morgan fingerprint density at radius 3 is 2.17 bits per heavy atom. The highest BCUT2D eigenvalue weighted by Gasteiger charge is 2.20. The molecule has 0 heterocycles. The van der Waals surface area contributed by atoms with Gasteiger partial charge in [0.1, 0.15) is 0 Å². The van der Waals surface area contributed by atoms with E-state index in [1.807, 2.05) is 6.92 Å². The third-order valence-corrected chi connectivity index (χ3v) is 2.81. The zero-order valence-corrected chi connectivity index (χ0v) is 10.7. The lowest BCUT2D eigenvalue weighted by molar-refractivity contribution is 0.248. The Kier molecular flexibility index (Phi) is 5.78. The molecule has 0 saturated carbocycles. The van der Waals surface area contributed by atoms with Gasteiger partial charge in [-0.25, -0.2) is 8.78 Å². The number of rotatable bonds is 6. The van der Waals surface area contributed by atoms with E-state index in [0.717, 1.165) is 6.42 Å². The van der Waals surface area contributed by atoms with Gasteiger partial charge in [-0.3, -0.25) is 0 Å². The summed E-state index contributed by atoms with van der Waals surface area (Å²) in [5.41, 5.74) is 0. The van der Waals surface area contributed by atoms with E-state index < -0.39 is 29.0 Å². The van der Waals surface area contributed by atoms with Crippen molar-refractivity contribution in [3.05, 3.63) is 29.3 Å². The molecule has 0 amide bonds. The van der Waals surface area contributed by atoms with Crippen molar-refractivity contribution in [2.45, 2.75) is 19.8 Å². The van der Waals surface area contributed by atoms with Gasteiger partial charge >= 0.3 is 0 Å². The summed E-state index contributed by atoms with van der Waals surface area (Å²) in [6.45, 7) is 1.92. The third-order valence-electron chi connectivity index (χ3n) is 2.55. The normalized spacial score (nSPS) is 12.6. The van der Waals surface area contributed by atoms with Crippen molar-refractivity contribution in [2.75, 3.05) is 12.4 Å². The predicted molar refractivity (Wildman–Crippen MR) is 64.0 cm³/mol. The Hall–Kier alpha value is -0.910. The fourth-order valence-corrected chi connectivity index (χ4v) is 1.85. The molecule has 1 aromatic rings. The molecule has 0 aliphatic carbocycles. The quantitative estimate of drug-likeness (QED) is 0.472. The Labute approximate surface area is 109 Å². The van der Waals surface area contributed by atoms with Crippen molar-refractivity contribution in [1.29, 1.82) is 0 Å². The van der Waals surface area contributed by atoms with Crippen molar-refractivity contribution in [1.82, 2.24) is 0 Å². The number of hydrogen-bond acceptors (Lipinski definition) is 2. The second-order valence-electron chi connectivity index (χ2n) is 4.05. The van der Waals surface area contributed by atoms with Gasteiger partial charge in [0.2, 0.25) is 11.6 Å². The molecule has 0 aliphatic rings. The molecule has 0 bridgehead atoms. The third kappa shape index (κ3) is 3.80. The maximum absolute atomic E-state index is 13.2. The van der Waals surface area contributed by atoms with Crippen molar-refractivity contribution < 1.29 is 22.3 Å². The van der Waals surface area contributed by atoms with Crippen LogP contribution in [0.15, 0.2) is 6.07 Å². The molecular formula is C12H14F4OS. The Morgan fingerprint density at radius 2 is 1.67 bits per heavy atom. The second-order valence-corrected chi connectivity index (χ2v) is 4.50. The molecule has 6 heteroatoms. The first-order valence-electron chi connectivity index (χ1n) is 5.54. The van der Waals surface area contributed by atoms with Gasteiger partial charge in [0.05, 0.1) is 6.61 Å². The molecule has 0 N–H and O–H groups in total.